The van der Waals surface area contributed by atoms with Crippen molar-refractivity contribution in [3.63, 3.8) is 0 Å². The number of amides is 1. The minimum atomic E-state index is -3.82. The molecule has 8 nitrogen and oxygen atoms in total. The molecule has 2 aromatic carbocycles. The zero-order valence-electron chi connectivity index (χ0n) is 17.8. The number of benzene rings is 2. The maximum absolute atomic E-state index is 12.7. The summed E-state index contributed by atoms with van der Waals surface area (Å²) in [6.07, 6.45) is 2.07. The number of aryl methyl sites for hydroxylation is 1. The van der Waals surface area contributed by atoms with E-state index in [0.717, 1.165) is 30.2 Å². The molecule has 2 atom stereocenters. The summed E-state index contributed by atoms with van der Waals surface area (Å²) in [6, 6.07) is 10.8. The lowest BCUT2D eigenvalue weighted by atomic mass is 9.87. The van der Waals surface area contributed by atoms with Crippen molar-refractivity contribution < 1.29 is 22.7 Å². The summed E-state index contributed by atoms with van der Waals surface area (Å²) in [7, 11) is -3.82. The molecule has 1 amide bonds. The monoisotopic (exact) mass is 455 g/mol. The van der Waals surface area contributed by atoms with E-state index in [1.165, 1.54) is 42.4 Å². The Morgan fingerprint density at radius 2 is 1.91 bits per heavy atom. The number of hydrogen-bond acceptors (Lipinski definition) is 5. The molecule has 0 unspecified atom stereocenters. The number of nitrogens with one attached hydrogen (secondary N) is 2. The fraction of sp³-hybridized carbons (Fsp3) is 0.304. The maximum atomic E-state index is 12.7. The maximum Gasteiger partial charge on any atom is 0.338 e. The van der Waals surface area contributed by atoms with Crippen LogP contribution < -0.4 is 10.5 Å². The lowest BCUT2D eigenvalue weighted by Crippen LogP contribution is -2.30. The molecule has 1 aromatic heterocycles. The molecular weight excluding hydrogens is 430 g/mol. The van der Waals surface area contributed by atoms with Crippen LogP contribution in [-0.4, -0.2) is 31.4 Å². The molecule has 0 saturated heterocycles. The third kappa shape index (κ3) is 4.53. The predicted octanol–water partition coefficient (Wildman–Crippen LogP) is 3.12. The Hall–Kier alpha value is -3.17. The number of carbonyl (C=O) groups is 2. The number of esters is 1. The van der Waals surface area contributed by atoms with Crippen LogP contribution in [0.3, 0.4) is 0 Å². The molecule has 0 fully saturated rings. The number of H-pyrrole nitrogens is 1. The van der Waals surface area contributed by atoms with Gasteiger partial charge in [-0.1, -0.05) is 6.92 Å². The average Bonchev–Trinajstić information content (AvgIpc) is 3.10. The summed E-state index contributed by atoms with van der Waals surface area (Å²) < 4.78 is 28.0. The highest BCUT2D eigenvalue weighted by Gasteiger charge is 2.23. The molecule has 0 spiro atoms. The number of anilines is 1. The standard InChI is InChI=1S/C23H25N3O5S/c1-13-3-9-20-18(11-13)19-12-15(4-10-21(19)26-20)23(28)31-14(2)22(27)25-16-5-7-17(8-6-16)32(24,29)30/h4-8,10,12-14,26H,3,9,11H2,1-2H3,(H,25,27)(H2,24,29,30)/t13-,14+/m1/s1. The summed E-state index contributed by atoms with van der Waals surface area (Å²) >= 11 is 0. The van der Waals surface area contributed by atoms with Crippen LogP contribution in [0, 0.1) is 5.92 Å². The number of carbonyl (C=O) groups excluding carboxylic acids is 2. The van der Waals surface area contributed by atoms with Crippen LogP contribution in [0.15, 0.2) is 47.4 Å². The number of rotatable bonds is 5. The molecule has 32 heavy (non-hydrogen) atoms. The van der Waals surface area contributed by atoms with Crippen molar-refractivity contribution in [1.29, 1.82) is 0 Å². The van der Waals surface area contributed by atoms with E-state index >= 15 is 0 Å². The van der Waals surface area contributed by atoms with E-state index in [0.29, 0.717) is 17.2 Å². The van der Waals surface area contributed by atoms with Gasteiger partial charge in [0.05, 0.1) is 10.5 Å². The third-order valence-electron chi connectivity index (χ3n) is 5.77. The van der Waals surface area contributed by atoms with E-state index < -0.39 is 28.0 Å². The number of aromatic amines is 1. The van der Waals surface area contributed by atoms with Gasteiger partial charge in [-0.05, 0) is 80.1 Å². The van der Waals surface area contributed by atoms with Gasteiger partial charge >= 0.3 is 5.97 Å². The smallest absolute Gasteiger partial charge is 0.338 e. The quantitative estimate of drug-likeness (QED) is 0.509. The van der Waals surface area contributed by atoms with Crippen LogP contribution in [0.4, 0.5) is 5.69 Å². The van der Waals surface area contributed by atoms with Gasteiger partial charge in [-0.3, -0.25) is 4.79 Å². The van der Waals surface area contributed by atoms with E-state index in [9.17, 15) is 18.0 Å². The first-order valence-corrected chi connectivity index (χ1v) is 11.9. The summed E-state index contributed by atoms with van der Waals surface area (Å²) in [5.74, 6) is -0.520. The Morgan fingerprint density at radius 1 is 1.19 bits per heavy atom. The molecule has 0 saturated carbocycles. The molecule has 9 heteroatoms. The Labute approximate surface area is 186 Å². The Bertz CT molecular complexity index is 1300. The first-order valence-electron chi connectivity index (χ1n) is 10.4. The van der Waals surface area contributed by atoms with Crippen LogP contribution in [0.5, 0.6) is 0 Å². The van der Waals surface area contributed by atoms with Crippen LogP contribution in [0.1, 0.15) is 41.9 Å². The van der Waals surface area contributed by atoms with Gasteiger partial charge in [-0.2, -0.15) is 0 Å². The highest BCUT2D eigenvalue weighted by molar-refractivity contribution is 7.89. The van der Waals surface area contributed by atoms with Crippen molar-refractivity contribution in [1.82, 2.24) is 4.98 Å². The number of ether oxygens (including phenoxy) is 1. The number of sulfonamides is 1. The molecule has 0 radical (unpaired) electrons. The normalized spacial score (nSPS) is 16.9. The number of aromatic nitrogens is 1. The lowest BCUT2D eigenvalue weighted by molar-refractivity contribution is -0.123. The molecule has 3 aromatic rings. The second kappa shape index (κ2) is 8.40. The first kappa shape index (κ1) is 22.0. The Balaban J connectivity index is 1.44. The number of hydrogen-bond donors (Lipinski definition) is 3. The SMILES string of the molecule is C[C@@H]1CCc2[nH]c3ccc(C(=O)O[C@@H](C)C(=O)Nc4ccc(S(N)(=O)=O)cc4)cc3c2C1. The van der Waals surface area contributed by atoms with Crippen LogP contribution in [0.25, 0.3) is 10.9 Å². The van der Waals surface area contributed by atoms with Gasteiger partial charge in [-0.15, -0.1) is 0 Å². The van der Waals surface area contributed by atoms with Gasteiger partial charge in [0.25, 0.3) is 5.91 Å². The van der Waals surface area contributed by atoms with Gasteiger partial charge in [-0.25, -0.2) is 18.4 Å². The summed E-state index contributed by atoms with van der Waals surface area (Å²) in [5.41, 5.74) is 4.22. The fourth-order valence-corrected chi connectivity index (χ4v) is 4.49. The molecule has 4 rings (SSSR count). The summed E-state index contributed by atoms with van der Waals surface area (Å²) in [5, 5.41) is 8.68. The van der Waals surface area contributed by atoms with Crippen LogP contribution in [-0.2, 0) is 32.4 Å². The van der Waals surface area contributed by atoms with Crippen molar-refractivity contribution >= 4 is 38.5 Å². The number of primary sulfonamides is 1. The number of nitrogens with two attached hydrogens (primary N) is 1. The zero-order valence-corrected chi connectivity index (χ0v) is 18.7. The van der Waals surface area contributed by atoms with Crippen molar-refractivity contribution in [3.05, 3.63) is 59.3 Å². The van der Waals surface area contributed by atoms with Crippen molar-refractivity contribution in [2.75, 3.05) is 5.32 Å². The van der Waals surface area contributed by atoms with Crippen molar-refractivity contribution in [2.24, 2.45) is 11.1 Å². The lowest BCUT2D eigenvalue weighted by Gasteiger charge is -2.18. The van der Waals surface area contributed by atoms with Crippen molar-refractivity contribution in [2.45, 2.75) is 44.1 Å². The third-order valence-corrected chi connectivity index (χ3v) is 6.70. The number of fused-ring (bicyclic) bond motifs is 3. The first-order chi connectivity index (χ1) is 15.1. The topological polar surface area (TPSA) is 131 Å². The molecule has 1 aliphatic rings. The van der Waals surface area contributed by atoms with Crippen LogP contribution in [0.2, 0.25) is 0 Å². The minimum Gasteiger partial charge on any atom is -0.449 e. The fourth-order valence-electron chi connectivity index (χ4n) is 3.97. The molecule has 0 bridgehead atoms. The van der Waals surface area contributed by atoms with Crippen molar-refractivity contribution in [3.8, 4) is 0 Å². The molecule has 1 aliphatic carbocycles. The summed E-state index contributed by atoms with van der Waals surface area (Å²) in [6.45, 7) is 3.70. The van der Waals surface area contributed by atoms with E-state index in [1.54, 1.807) is 6.07 Å². The minimum absolute atomic E-state index is 0.0632. The van der Waals surface area contributed by atoms with Gasteiger partial charge in [0.1, 0.15) is 0 Å². The molecule has 168 valence electrons. The van der Waals surface area contributed by atoms with Crippen LogP contribution >= 0.6 is 0 Å². The predicted molar refractivity (Wildman–Crippen MR) is 121 cm³/mol. The highest BCUT2D eigenvalue weighted by Crippen LogP contribution is 2.32. The average molecular weight is 456 g/mol. The Kier molecular flexibility index (Phi) is 5.79. The molecule has 4 N–H and O–H groups in total. The molecule has 1 heterocycles. The van der Waals surface area contributed by atoms with E-state index in [4.69, 9.17) is 9.88 Å². The van der Waals surface area contributed by atoms with Gasteiger partial charge in [0.15, 0.2) is 6.10 Å². The van der Waals surface area contributed by atoms with Gasteiger partial charge in [0, 0.05) is 22.3 Å². The van der Waals surface area contributed by atoms with Gasteiger partial charge < -0.3 is 15.0 Å². The van der Waals surface area contributed by atoms with E-state index in [1.807, 2.05) is 12.1 Å². The van der Waals surface area contributed by atoms with E-state index in [-0.39, 0.29) is 4.90 Å². The highest BCUT2D eigenvalue weighted by atomic mass is 32.2. The van der Waals surface area contributed by atoms with E-state index in [2.05, 4.69) is 17.2 Å². The largest absolute Gasteiger partial charge is 0.449 e. The second-order valence-corrected chi connectivity index (χ2v) is 9.86. The molecular formula is C23H25N3O5S. The van der Waals surface area contributed by atoms with Gasteiger partial charge in [0.2, 0.25) is 10.0 Å². The zero-order chi connectivity index (χ0) is 23.0. The Morgan fingerprint density at radius 3 is 2.59 bits per heavy atom. The molecule has 0 aliphatic heterocycles. The summed E-state index contributed by atoms with van der Waals surface area (Å²) in [4.78, 5) is 28.5. The second-order valence-electron chi connectivity index (χ2n) is 8.30.